The molecule has 0 fully saturated rings. The minimum absolute atomic E-state index is 0.843. The van der Waals surface area contributed by atoms with E-state index in [9.17, 15) is 0 Å². The molecule has 0 bridgehead atoms. The van der Waals surface area contributed by atoms with Crippen LogP contribution in [-0.4, -0.2) is 9.97 Å². The van der Waals surface area contributed by atoms with Crippen molar-refractivity contribution in [1.29, 1.82) is 0 Å². The van der Waals surface area contributed by atoms with Gasteiger partial charge in [-0.1, -0.05) is 95.9 Å². The number of benzene rings is 1. The molecule has 0 saturated carbocycles. The molecule has 0 unspecified atom stereocenters. The van der Waals surface area contributed by atoms with Crippen LogP contribution in [0.2, 0.25) is 0 Å². The SMILES string of the molecule is CCCCCCCCc1ccc(-c2ncc(CCCCCCC)cn2)cc1. The molecule has 0 aliphatic rings. The van der Waals surface area contributed by atoms with Gasteiger partial charge < -0.3 is 0 Å². The molecule has 0 amide bonds. The first-order valence-electron chi connectivity index (χ1n) is 11.2. The third-order valence-corrected chi connectivity index (χ3v) is 5.31. The quantitative estimate of drug-likeness (QED) is 0.322. The van der Waals surface area contributed by atoms with E-state index >= 15 is 0 Å². The van der Waals surface area contributed by atoms with Crippen LogP contribution in [0.3, 0.4) is 0 Å². The molecule has 0 aliphatic heterocycles. The Morgan fingerprint density at radius 3 is 1.59 bits per heavy atom. The van der Waals surface area contributed by atoms with Gasteiger partial charge in [-0.2, -0.15) is 0 Å². The van der Waals surface area contributed by atoms with Gasteiger partial charge in [-0.15, -0.1) is 0 Å². The van der Waals surface area contributed by atoms with Crippen molar-refractivity contribution >= 4 is 0 Å². The molecule has 0 spiro atoms. The molecule has 1 aromatic carbocycles. The minimum Gasteiger partial charge on any atom is -0.236 e. The highest BCUT2D eigenvalue weighted by Gasteiger charge is 2.03. The Balaban J connectivity index is 1.74. The van der Waals surface area contributed by atoms with Crippen LogP contribution >= 0.6 is 0 Å². The Kier molecular flexibility index (Phi) is 10.8. The van der Waals surface area contributed by atoms with Crippen molar-refractivity contribution in [3.8, 4) is 11.4 Å². The summed E-state index contributed by atoms with van der Waals surface area (Å²) in [5.41, 5.74) is 3.81. The predicted molar refractivity (Wildman–Crippen MR) is 117 cm³/mol. The Morgan fingerprint density at radius 2 is 1.04 bits per heavy atom. The van der Waals surface area contributed by atoms with Crippen molar-refractivity contribution in [3.63, 3.8) is 0 Å². The normalized spacial score (nSPS) is 11.0. The molecule has 2 nitrogen and oxygen atoms in total. The Hall–Kier alpha value is -1.70. The number of aromatic nitrogens is 2. The topological polar surface area (TPSA) is 25.8 Å². The number of aryl methyl sites for hydroxylation is 2. The molecule has 0 saturated heterocycles. The first kappa shape index (κ1) is 21.6. The molecule has 27 heavy (non-hydrogen) atoms. The van der Waals surface area contributed by atoms with E-state index in [0.717, 1.165) is 17.8 Å². The fourth-order valence-corrected chi connectivity index (χ4v) is 3.50. The van der Waals surface area contributed by atoms with Crippen LogP contribution in [0.5, 0.6) is 0 Å². The van der Waals surface area contributed by atoms with Gasteiger partial charge in [0.05, 0.1) is 0 Å². The van der Waals surface area contributed by atoms with Gasteiger partial charge in [-0.3, -0.25) is 0 Å². The highest BCUT2D eigenvalue weighted by atomic mass is 14.9. The number of hydrogen-bond donors (Lipinski definition) is 0. The van der Waals surface area contributed by atoms with E-state index in [4.69, 9.17) is 0 Å². The zero-order valence-electron chi connectivity index (χ0n) is 17.6. The van der Waals surface area contributed by atoms with Crippen LogP contribution in [0.1, 0.15) is 95.6 Å². The lowest BCUT2D eigenvalue weighted by Crippen LogP contribution is -1.94. The summed E-state index contributed by atoms with van der Waals surface area (Å²) in [6.45, 7) is 4.53. The lowest BCUT2D eigenvalue weighted by atomic mass is 10.0. The lowest BCUT2D eigenvalue weighted by Gasteiger charge is -2.05. The maximum atomic E-state index is 4.59. The standard InChI is InChI=1S/C25H38N2/c1-3-5-7-9-11-12-14-22-16-18-24(19-17-22)25-26-20-23(21-27-25)15-13-10-8-6-4-2/h16-21H,3-15H2,1-2H3. The second kappa shape index (κ2) is 13.5. The largest absolute Gasteiger partial charge is 0.236 e. The summed E-state index contributed by atoms with van der Waals surface area (Å²) in [5.74, 6) is 0.843. The van der Waals surface area contributed by atoms with Gasteiger partial charge in [-0.05, 0) is 36.8 Å². The van der Waals surface area contributed by atoms with E-state index in [1.165, 1.54) is 88.2 Å². The van der Waals surface area contributed by atoms with Crippen molar-refractivity contribution in [3.05, 3.63) is 47.8 Å². The first-order valence-corrected chi connectivity index (χ1v) is 11.2. The molecule has 2 rings (SSSR count). The predicted octanol–water partition coefficient (Wildman–Crippen LogP) is 7.56. The summed E-state index contributed by atoms with van der Waals surface area (Å²) in [7, 11) is 0. The van der Waals surface area contributed by atoms with Gasteiger partial charge in [0.15, 0.2) is 5.82 Å². The average molecular weight is 367 g/mol. The monoisotopic (exact) mass is 366 g/mol. The zero-order valence-corrected chi connectivity index (χ0v) is 17.6. The molecule has 0 radical (unpaired) electrons. The van der Waals surface area contributed by atoms with Crippen LogP contribution in [0.15, 0.2) is 36.7 Å². The fourth-order valence-electron chi connectivity index (χ4n) is 3.50. The number of nitrogens with zero attached hydrogens (tertiary/aromatic N) is 2. The average Bonchev–Trinajstić information content (AvgIpc) is 2.71. The molecular weight excluding hydrogens is 328 g/mol. The molecule has 148 valence electrons. The summed E-state index contributed by atoms with van der Waals surface area (Å²) >= 11 is 0. The summed E-state index contributed by atoms with van der Waals surface area (Å²) in [6, 6.07) is 8.83. The summed E-state index contributed by atoms with van der Waals surface area (Å²) < 4.78 is 0. The summed E-state index contributed by atoms with van der Waals surface area (Å²) in [5, 5.41) is 0. The minimum atomic E-state index is 0.843. The maximum Gasteiger partial charge on any atom is 0.159 e. The van der Waals surface area contributed by atoms with Gasteiger partial charge in [0, 0.05) is 18.0 Å². The van der Waals surface area contributed by atoms with Crippen molar-refractivity contribution < 1.29 is 0 Å². The Morgan fingerprint density at radius 1 is 0.556 bits per heavy atom. The van der Waals surface area contributed by atoms with Crippen molar-refractivity contribution in [2.75, 3.05) is 0 Å². The van der Waals surface area contributed by atoms with Crippen LogP contribution < -0.4 is 0 Å². The van der Waals surface area contributed by atoms with Gasteiger partial charge in [0.2, 0.25) is 0 Å². The van der Waals surface area contributed by atoms with Gasteiger partial charge >= 0.3 is 0 Å². The Labute approximate surface area is 166 Å². The molecule has 0 atom stereocenters. The van der Waals surface area contributed by atoms with Crippen molar-refractivity contribution in [1.82, 2.24) is 9.97 Å². The Bertz CT molecular complexity index is 601. The van der Waals surface area contributed by atoms with Crippen LogP contribution in [0.25, 0.3) is 11.4 Å². The van der Waals surface area contributed by atoms with E-state index in [-0.39, 0.29) is 0 Å². The molecule has 2 heteroatoms. The van der Waals surface area contributed by atoms with E-state index < -0.39 is 0 Å². The number of hydrogen-bond acceptors (Lipinski definition) is 2. The highest BCUT2D eigenvalue weighted by Crippen LogP contribution is 2.18. The number of unbranched alkanes of at least 4 members (excludes halogenated alkanes) is 9. The summed E-state index contributed by atoms with van der Waals surface area (Å²) in [6.07, 6.45) is 21.0. The third-order valence-electron chi connectivity index (χ3n) is 5.31. The molecular formula is C25H38N2. The van der Waals surface area contributed by atoms with E-state index in [2.05, 4.69) is 48.1 Å². The lowest BCUT2D eigenvalue weighted by molar-refractivity contribution is 0.607. The van der Waals surface area contributed by atoms with Gasteiger partial charge in [0.1, 0.15) is 0 Å². The zero-order chi connectivity index (χ0) is 19.2. The highest BCUT2D eigenvalue weighted by molar-refractivity contribution is 5.55. The van der Waals surface area contributed by atoms with Crippen LogP contribution in [-0.2, 0) is 12.8 Å². The molecule has 0 aliphatic carbocycles. The first-order chi connectivity index (χ1) is 13.3. The molecule has 1 aromatic heterocycles. The third kappa shape index (κ3) is 8.69. The van der Waals surface area contributed by atoms with Gasteiger partial charge in [-0.25, -0.2) is 9.97 Å². The smallest absolute Gasteiger partial charge is 0.159 e. The molecule has 1 heterocycles. The molecule has 0 N–H and O–H groups in total. The van der Waals surface area contributed by atoms with Crippen molar-refractivity contribution in [2.24, 2.45) is 0 Å². The van der Waals surface area contributed by atoms with E-state index in [1.807, 2.05) is 12.4 Å². The van der Waals surface area contributed by atoms with Crippen molar-refractivity contribution in [2.45, 2.75) is 97.3 Å². The second-order valence-electron chi connectivity index (χ2n) is 7.79. The van der Waals surface area contributed by atoms with E-state index in [1.54, 1.807) is 0 Å². The molecule has 2 aromatic rings. The van der Waals surface area contributed by atoms with Crippen LogP contribution in [0.4, 0.5) is 0 Å². The van der Waals surface area contributed by atoms with E-state index in [0.29, 0.717) is 0 Å². The maximum absolute atomic E-state index is 4.59. The fraction of sp³-hybridized carbons (Fsp3) is 0.600. The summed E-state index contributed by atoms with van der Waals surface area (Å²) in [4.78, 5) is 9.17. The van der Waals surface area contributed by atoms with Crippen LogP contribution in [0, 0.1) is 0 Å². The second-order valence-corrected chi connectivity index (χ2v) is 7.79. The van der Waals surface area contributed by atoms with Gasteiger partial charge in [0.25, 0.3) is 0 Å². The number of rotatable bonds is 14.